The summed E-state index contributed by atoms with van der Waals surface area (Å²) < 4.78 is 0. The standard InChI is InChI=1S/C25H32OSi2/c1-20(26)25(23-12-8-21(9-13-23)16-18-27(2,3)4)24-14-10-22(11-15-24)17-19-28(5,6)7/h8-15,20,25-26H,1-7H3/t20-/m0/s1. The SMILES string of the molecule is C[C@H](O)C(c1ccc(C#C[Si](C)(C)C)cc1)c1ccc(C#C[Si](C)(C)C)cc1. The molecule has 0 aliphatic heterocycles. The van der Waals surface area contributed by atoms with E-state index in [9.17, 15) is 5.11 Å². The van der Waals surface area contributed by atoms with Gasteiger partial charge in [0.15, 0.2) is 0 Å². The van der Waals surface area contributed by atoms with E-state index >= 15 is 0 Å². The molecule has 0 fully saturated rings. The van der Waals surface area contributed by atoms with Gasteiger partial charge in [0.2, 0.25) is 0 Å². The molecule has 1 atom stereocenters. The van der Waals surface area contributed by atoms with Crippen molar-refractivity contribution in [3.05, 3.63) is 70.8 Å². The van der Waals surface area contributed by atoms with E-state index in [1.165, 1.54) is 0 Å². The lowest BCUT2D eigenvalue weighted by Crippen LogP contribution is -2.17. The van der Waals surface area contributed by atoms with E-state index in [-0.39, 0.29) is 5.92 Å². The predicted molar refractivity (Wildman–Crippen MR) is 127 cm³/mol. The summed E-state index contributed by atoms with van der Waals surface area (Å²) in [5, 5.41) is 10.4. The molecule has 0 aromatic heterocycles. The molecule has 3 heteroatoms. The highest BCUT2D eigenvalue weighted by Crippen LogP contribution is 2.28. The van der Waals surface area contributed by atoms with E-state index in [1.807, 2.05) is 6.92 Å². The van der Waals surface area contributed by atoms with Gasteiger partial charge >= 0.3 is 0 Å². The largest absolute Gasteiger partial charge is 0.392 e. The molecule has 28 heavy (non-hydrogen) atoms. The Bertz CT molecular complexity index is 828. The average molecular weight is 405 g/mol. The van der Waals surface area contributed by atoms with Crippen molar-refractivity contribution >= 4 is 16.1 Å². The third-order valence-electron chi connectivity index (χ3n) is 4.19. The Kier molecular flexibility index (Phi) is 7.13. The molecule has 0 saturated carbocycles. The molecule has 0 aliphatic carbocycles. The second-order valence-corrected chi connectivity index (χ2v) is 19.0. The average Bonchev–Trinajstić information content (AvgIpc) is 2.59. The van der Waals surface area contributed by atoms with Gasteiger partial charge in [-0.3, -0.25) is 0 Å². The van der Waals surface area contributed by atoms with Gasteiger partial charge in [0.1, 0.15) is 16.1 Å². The maximum absolute atomic E-state index is 10.4. The fourth-order valence-electron chi connectivity index (χ4n) is 2.82. The van der Waals surface area contributed by atoms with Crippen LogP contribution in [-0.2, 0) is 0 Å². The van der Waals surface area contributed by atoms with Crippen LogP contribution in [0.25, 0.3) is 0 Å². The molecule has 146 valence electrons. The summed E-state index contributed by atoms with van der Waals surface area (Å²) in [5.74, 6) is 6.52. The second-order valence-electron chi connectivity index (χ2n) is 9.46. The quantitative estimate of drug-likeness (QED) is 0.517. The molecule has 1 N–H and O–H groups in total. The number of hydrogen-bond donors (Lipinski definition) is 1. The highest BCUT2D eigenvalue weighted by atomic mass is 28.3. The maximum Gasteiger partial charge on any atom is 0.129 e. The van der Waals surface area contributed by atoms with Gasteiger partial charge in [0.05, 0.1) is 6.10 Å². The molecule has 2 aromatic carbocycles. The molecule has 0 saturated heterocycles. The molecule has 2 aromatic rings. The van der Waals surface area contributed by atoms with Crippen molar-refractivity contribution in [1.82, 2.24) is 0 Å². The number of benzene rings is 2. The van der Waals surface area contributed by atoms with E-state index in [2.05, 4.69) is 111 Å². The minimum Gasteiger partial charge on any atom is -0.392 e. The van der Waals surface area contributed by atoms with Crippen molar-refractivity contribution in [2.75, 3.05) is 0 Å². The topological polar surface area (TPSA) is 20.2 Å². The van der Waals surface area contributed by atoms with Crippen LogP contribution in [-0.4, -0.2) is 27.4 Å². The lowest BCUT2D eigenvalue weighted by Gasteiger charge is -2.21. The number of hydrogen-bond acceptors (Lipinski definition) is 1. The van der Waals surface area contributed by atoms with E-state index in [0.29, 0.717) is 0 Å². The zero-order valence-electron chi connectivity index (χ0n) is 18.2. The zero-order chi connectivity index (χ0) is 20.9. The van der Waals surface area contributed by atoms with Gasteiger partial charge in [-0.1, -0.05) is 75.4 Å². The van der Waals surface area contributed by atoms with Crippen molar-refractivity contribution in [3.63, 3.8) is 0 Å². The van der Waals surface area contributed by atoms with Gasteiger partial charge in [-0.15, -0.1) is 11.1 Å². The summed E-state index contributed by atoms with van der Waals surface area (Å²) in [6.07, 6.45) is -0.474. The summed E-state index contributed by atoms with van der Waals surface area (Å²) in [4.78, 5) is 0. The number of rotatable bonds is 3. The summed E-state index contributed by atoms with van der Waals surface area (Å²) >= 11 is 0. The van der Waals surface area contributed by atoms with Crippen molar-refractivity contribution in [1.29, 1.82) is 0 Å². The molecule has 0 heterocycles. The molecule has 1 nitrogen and oxygen atoms in total. The fourth-order valence-corrected chi connectivity index (χ4v) is 3.86. The molecule has 0 unspecified atom stereocenters. The van der Waals surface area contributed by atoms with E-state index in [0.717, 1.165) is 22.3 Å². The van der Waals surface area contributed by atoms with Crippen LogP contribution in [0, 0.1) is 22.9 Å². The Balaban J connectivity index is 2.28. The highest BCUT2D eigenvalue weighted by molar-refractivity contribution is 6.84. The first-order valence-corrected chi connectivity index (χ1v) is 16.9. The van der Waals surface area contributed by atoms with Crippen LogP contribution in [0.5, 0.6) is 0 Å². The molecule has 0 bridgehead atoms. The van der Waals surface area contributed by atoms with E-state index < -0.39 is 22.3 Å². The lowest BCUT2D eigenvalue weighted by molar-refractivity contribution is 0.176. The third-order valence-corrected chi connectivity index (χ3v) is 5.94. The van der Waals surface area contributed by atoms with Gasteiger partial charge in [0, 0.05) is 17.0 Å². The van der Waals surface area contributed by atoms with E-state index in [4.69, 9.17) is 0 Å². The number of aliphatic hydroxyl groups is 1. The van der Waals surface area contributed by atoms with Crippen molar-refractivity contribution < 1.29 is 5.11 Å². The molecule has 0 aliphatic rings. The third kappa shape index (κ3) is 7.17. The maximum atomic E-state index is 10.4. The Morgan fingerprint density at radius 2 is 0.964 bits per heavy atom. The van der Waals surface area contributed by atoms with Crippen LogP contribution < -0.4 is 0 Å². The van der Waals surface area contributed by atoms with Gasteiger partial charge in [0.25, 0.3) is 0 Å². The van der Waals surface area contributed by atoms with Crippen molar-refractivity contribution in [3.8, 4) is 22.9 Å². The smallest absolute Gasteiger partial charge is 0.129 e. The minimum atomic E-state index is -1.38. The summed E-state index contributed by atoms with van der Waals surface area (Å²) in [5.41, 5.74) is 11.1. The van der Waals surface area contributed by atoms with Gasteiger partial charge in [-0.05, 0) is 42.3 Å². The summed E-state index contributed by atoms with van der Waals surface area (Å²) in [7, 11) is -2.76. The van der Waals surface area contributed by atoms with Crippen molar-refractivity contribution in [2.45, 2.75) is 58.2 Å². The Morgan fingerprint density at radius 3 is 1.21 bits per heavy atom. The first-order chi connectivity index (χ1) is 12.9. The normalized spacial score (nSPS) is 12.6. The lowest BCUT2D eigenvalue weighted by atomic mass is 9.86. The van der Waals surface area contributed by atoms with Crippen LogP contribution >= 0.6 is 0 Å². The number of aliphatic hydroxyl groups excluding tert-OH is 1. The van der Waals surface area contributed by atoms with Crippen LogP contribution in [0.15, 0.2) is 48.5 Å². The van der Waals surface area contributed by atoms with Gasteiger partial charge in [-0.2, -0.15) is 0 Å². The van der Waals surface area contributed by atoms with Gasteiger partial charge < -0.3 is 5.11 Å². The van der Waals surface area contributed by atoms with E-state index in [1.54, 1.807) is 0 Å². The van der Waals surface area contributed by atoms with Crippen LogP contribution in [0.2, 0.25) is 39.3 Å². The predicted octanol–water partition coefficient (Wildman–Crippen LogP) is 5.66. The van der Waals surface area contributed by atoms with Crippen molar-refractivity contribution in [2.24, 2.45) is 0 Å². The zero-order valence-corrected chi connectivity index (χ0v) is 20.2. The Hall–Kier alpha value is -2.05. The molecule has 2 rings (SSSR count). The Labute approximate surface area is 173 Å². The highest BCUT2D eigenvalue weighted by Gasteiger charge is 2.19. The molecular formula is C25H32OSi2. The monoisotopic (exact) mass is 404 g/mol. The second kappa shape index (κ2) is 8.97. The summed E-state index contributed by atoms with van der Waals surface area (Å²) in [6, 6.07) is 16.6. The van der Waals surface area contributed by atoms with Crippen LogP contribution in [0.1, 0.15) is 35.1 Å². The first-order valence-electron chi connectivity index (χ1n) is 9.89. The molecular weight excluding hydrogens is 372 g/mol. The fraction of sp³-hybridized carbons (Fsp3) is 0.360. The first kappa shape index (κ1) is 22.2. The molecule has 0 spiro atoms. The van der Waals surface area contributed by atoms with Gasteiger partial charge in [-0.25, -0.2) is 0 Å². The Morgan fingerprint density at radius 1 is 0.643 bits per heavy atom. The molecule has 0 radical (unpaired) electrons. The minimum absolute atomic E-state index is 0.0574. The summed E-state index contributed by atoms with van der Waals surface area (Å²) in [6.45, 7) is 15.3. The van der Waals surface area contributed by atoms with Crippen LogP contribution in [0.3, 0.4) is 0 Å². The molecule has 0 amide bonds. The van der Waals surface area contributed by atoms with Crippen LogP contribution in [0.4, 0.5) is 0 Å².